The first kappa shape index (κ1) is 11.4. The molecular weight excluding hydrogens is 243 g/mol. The minimum Gasteiger partial charge on any atom is -0.207 e. The highest BCUT2D eigenvalue weighted by Crippen LogP contribution is 2.20. The van der Waals surface area contributed by atoms with Crippen molar-refractivity contribution in [2.24, 2.45) is 0 Å². The molecule has 1 rings (SSSR count). The Morgan fingerprint density at radius 2 is 2.21 bits per heavy atom. The Kier molecular flexibility index (Phi) is 4.33. The first-order valence-electron chi connectivity index (χ1n) is 4.75. The Bertz CT molecular complexity index is 342. The topological polar surface area (TPSA) is 0 Å². The second kappa shape index (κ2) is 5.30. The molecule has 1 aromatic carbocycles. The molecule has 0 heterocycles. The molecule has 0 aliphatic rings. The fourth-order valence-electron chi connectivity index (χ4n) is 1.28. The molecule has 0 saturated heterocycles. The first-order valence-corrected chi connectivity index (χ1v) is 5.55. The van der Waals surface area contributed by atoms with Crippen LogP contribution in [0.1, 0.15) is 30.9 Å². The predicted molar refractivity (Wildman–Crippen MR) is 62.9 cm³/mol. The lowest BCUT2D eigenvalue weighted by Crippen LogP contribution is -1.83. The van der Waals surface area contributed by atoms with E-state index in [2.05, 4.69) is 28.9 Å². The highest BCUT2D eigenvalue weighted by Gasteiger charge is 1.98. The molecule has 0 bridgehead atoms. The third kappa shape index (κ3) is 3.26. The first-order chi connectivity index (χ1) is 6.63. The Balaban J connectivity index is 2.91. The standard InChI is InChI=1S/C12H14BrF/c1-3-4-11(13)8-10-5-6-12(14)7-9(10)2/h5-8H,3-4H2,1-2H3/b11-8+. The summed E-state index contributed by atoms with van der Waals surface area (Å²) in [5, 5.41) is 0. The van der Waals surface area contributed by atoms with Crippen molar-refractivity contribution in [3.05, 3.63) is 39.6 Å². The second-order valence-electron chi connectivity index (χ2n) is 3.34. The van der Waals surface area contributed by atoms with Crippen LogP contribution in [0.3, 0.4) is 0 Å². The summed E-state index contributed by atoms with van der Waals surface area (Å²) in [6, 6.07) is 4.85. The van der Waals surface area contributed by atoms with E-state index >= 15 is 0 Å². The van der Waals surface area contributed by atoms with E-state index in [9.17, 15) is 4.39 Å². The zero-order valence-corrected chi connectivity index (χ0v) is 10.1. The highest BCUT2D eigenvalue weighted by atomic mass is 79.9. The maximum Gasteiger partial charge on any atom is 0.123 e. The third-order valence-corrected chi connectivity index (χ3v) is 2.66. The molecule has 0 unspecified atom stereocenters. The van der Waals surface area contributed by atoms with Crippen molar-refractivity contribution in [1.29, 1.82) is 0 Å². The molecule has 0 atom stereocenters. The van der Waals surface area contributed by atoms with E-state index in [0.717, 1.165) is 28.5 Å². The summed E-state index contributed by atoms with van der Waals surface area (Å²) in [6.07, 6.45) is 4.19. The minimum absolute atomic E-state index is 0.175. The van der Waals surface area contributed by atoms with Gasteiger partial charge in [0.15, 0.2) is 0 Å². The molecule has 0 saturated carbocycles. The lowest BCUT2D eigenvalue weighted by atomic mass is 10.1. The molecule has 0 nitrogen and oxygen atoms in total. The van der Waals surface area contributed by atoms with Crippen LogP contribution in [0.4, 0.5) is 4.39 Å². The SMILES string of the molecule is CCC/C(Br)=C\c1ccc(F)cc1C. The monoisotopic (exact) mass is 256 g/mol. The van der Waals surface area contributed by atoms with Crippen LogP contribution < -0.4 is 0 Å². The summed E-state index contributed by atoms with van der Waals surface area (Å²) in [5.74, 6) is -0.175. The smallest absolute Gasteiger partial charge is 0.123 e. The molecule has 0 radical (unpaired) electrons. The summed E-state index contributed by atoms with van der Waals surface area (Å²) in [4.78, 5) is 0. The molecule has 76 valence electrons. The van der Waals surface area contributed by atoms with Gasteiger partial charge >= 0.3 is 0 Å². The van der Waals surface area contributed by atoms with Gasteiger partial charge in [0.1, 0.15) is 5.82 Å². The van der Waals surface area contributed by atoms with Crippen molar-refractivity contribution in [3.8, 4) is 0 Å². The van der Waals surface area contributed by atoms with Crippen molar-refractivity contribution in [2.75, 3.05) is 0 Å². The summed E-state index contributed by atoms with van der Waals surface area (Å²) in [7, 11) is 0. The van der Waals surface area contributed by atoms with Crippen LogP contribution in [0.2, 0.25) is 0 Å². The summed E-state index contributed by atoms with van der Waals surface area (Å²) in [6.45, 7) is 4.05. The average Bonchev–Trinajstić information content (AvgIpc) is 2.10. The number of aryl methyl sites for hydroxylation is 1. The normalized spacial score (nSPS) is 11.9. The van der Waals surface area contributed by atoms with Crippen LogP contribution in [0, 0.1) is 12.7 Å². The maximum atomic E-state index is 12.8. The highest BCUT2D eigenvalue weighted by molar-refractivity contribution is 9.11. The van der Waals surface area contributed by atoms with Gasteiger partial charge in [0.25, 0.3) is 0 Å². The fourth-order valence-corrected chi connectivity index (χ4v) is 1.92. The molecule has 2 heteroatoms. The number of benzene rings is 1. The number of allylic oxidation sites excluding steroid dienone is 1. The van der Waals surface area contributed by atoms with Crippen LogP contribution in [-0.4, -0.2) is 0 Å². The van der Waals surface area contributed by atoms with Crippen LogP contribution >= 0.6 is 15.9 Å². The van der Waals surface area contributed by atoms with Gasteiger partial charge in [-0.25, -0.2) is 4.39 Å². The Morgan fingerprint density at radius 1 is 1.50 bits per heavy atom. The molecular formula is C12H14BrF. The third-order valence-electron chi connectivity index (χ3n) is 2.03. The quantitative estimate of drug-likeness (QED) is 0.738. The number of hydrogen-bond acceptors (Lipinski definition) is 0. The van der Waals surface area contributed by atoms with E-state index < -0.39 is 0 Å². The van der Waals surface area contributed by atoms with Crippen molar-refractivity contribution in [2.45, 2.75) is 26.7 Å². The molecule has 1 aromatic rings. The van der Waals surface area contributed by atoms with Crippen molar-refractivity contribution < 1.29 is 4.39 Å². The fraction of sp³-hybridized carbons (Fsp3) is 0.333. The van der Waals surface area contributed by atoms with E-state index in [-0.39, 0.29) is 5.82 Å². The van der Waals surface area contributed by atoms with Crippen LogP contribution in [0.15, 0.2) is 22.7 Å². The largest absolute Gasteiger partial charge is 0.207 e. The van der Waals surface area contributed by atoms with Crippen LogP contribution in [0.25, 0.3) is 6.08 Å². The van der Waals surface area contributed by atoms with Gasteiger partial charge in [0.2, 0.25) is 0 Å². The number of halogens is 2. The maximum absolute atomic E-state index is 12.8. The van der Waals surface area contributed by atoms with Crippen LogP contribution in [0.5, 0.6) is 0 Å². The van der Waals surface area contributed by atoms with Gasteiger partial charge in [-0.2, -0.15) is 0 Å². The zero-order chi connectivity index (χ0) is 10.6. The Hall–Kier alpha value is -0.630. The second-order valence-corrected chi connectivity index (χ2v) is 4.36. The van der Waals surface area contributed by atoms with Gasteiger partial charge in [-0.15, -0.1) is 0 Å². The van der Waals surface area contributed by atoms with Gasteiger partial charge < -0.3 is 0 Å². The molecule has 0 amide bonds. The number of hydrogen-bond donors (Lipinski definition) is 0. The van der Waals surface area contributed by atoms with Gasteiger partial charge in [-0.05, 0) is 47.2 Å². The molecule has 0 fully saturated rings. The van der Waals surface area contributed by atoms with E-state index in [1.165, 1.54) is 6.07 Å². The van der Waals surface area contributed by atoms with Crippen molar-refractivity contribution >= 4 is 22.0 Å². The predicted octanol–water partition coefficient (Wildman–Crippen LogP) is 4.67. The lowest BCUT2D eigenvalue weighted by molar-refractivity contribution is 0.626. The van der Waals surface area contributed by atoms with E-state index in [1.54, 1.807) is 6.07 Å². The van der Waals surface area contributed by atoms with Gasteiger partial charge in [-0.1, -0.05) is 35.3 Å². The average molecular weight is 257 g/mol. The molecule has 0 aliphatic carbocycles. The molecule has 0 aromatic heterocycles. The van der Waals surface area contributed by atoms with Crippen LogP contribution in [-0.2, 0) is 0 Å². The van der Waals surface area contributed by atoms with Gasteiger partial charge in [0.05, 0.1) is 0 Å². The van der Waals surface area contributed by atoms with E-state index in [4.69, 9.17) is 0 Å². The van der Waals surface area contributed by atoms with E-state index in [1.807, 2.05) is 13.0 Å². The summed E-state index contributed by atoms with van der Waals surface area (Å²) >= 11 is 3.49. The molecule has 0 spiro atoms. The molecule has 0 aliphatic heterocycles. The van der Waals surface area contributed by atoms with Crippen molar-refractivity contribution in [3.63, 3.8) is 0 Å². The minimum atomic E-state index is -0.175. The zero-order valence-electron chi connectivity index (χ0n) is 8.48. The molecule has 0 N–H and O–H groups in total. The van der Waals surface area contributed by atoms with Crippen molar-refractivity contribution in [1.82, 2.24) is 0 Å². The van der Waals surface area contributed by atoms with E-state index in [0.29, 0.717) is 0 Å². The lowest BCUT2D eigenvalue weighted by Gasteiger charge is -2.01. The van der Waals surface area contributed by atoms with Gasteiger partial charge in [0, 0.05) is 0 Å². The summed E-state index contributed by atoms with van der Waals surface area (Å²) < 4.78 is 14.0. The Labute approximate surface area is 93.0 Å². The number of rotatable bonds is 3. The summed E-state index contributed by atoms with van der Waals surface area (Å²) in [5.41, 5.74) is 2.05. The van der Waals surface area contributed by atoms with Gasteiger partial charge in [-0.3, -0.25) is 0 Å². The Morgan fingerprint density at radius 3 is 2.79 bits per heavy atom. The molecule has 14 heavy (non-hydrogen) atoms.